The van der Waals surface area contributed by atoms with Crippen molar-refractivity contribution in [1.29, 1.82) is 0 Å². The highest BCUT2D eigenvalue weighted by molar-refractivity contribution is 5.95. The first-order valence-corrected chi connectivity index (χ1v) is 6.98. The van der Waals surface area contributed by atoms with Crippen LogP contribution in [0.3, 0.4) is 0 Å². The van der Waals surface area contributed by atoms with E-state index in [0.29, 0.717) is 17.9 Å². The van der Waals surface area contributed by atoms with Gasteiger partial charge in [0.15, 0.2) is 0 Å². The number of nitrogens with two attached hydrogens (primary N) is 1. The lowest BCUT2D eigenvalue weighted by Gasteiger charge is -2.43. The van der Waals surface area contributed by atoms with E-state index in [4.69, 9.17) is 5.73 Å². The average molecular weight is 291 g/mol. The number of carboxylic acid groups (broad SMARTS) is 1. The van der Waals surface area contributed by atoms with E-state index in [9.17, 15) is 14.7 Å². The van der Waals surface area contributed by atoms with Gasteiger partial charge in [0.05, 0.1) is 11.4 Å². The lowest BCUT2D eigenvalue weighted by atomic mass is 9.76. The van der Waals surface area contributed by atoms with Crippen LogP contribution in [-0.2, 0) is 4.79 Å². The molecule has 6 heteroatoms. The number of hydrogen-bond donors (Lipinski definition) is 3. The molecule has 0 radical (unpaired) electrons. The van der Waals surface area contributed by atoms with E-state index in [-0.39, 0.29) is 0 Å². The number of likely N-dealkylation sites (tertiary alicyclic amines) is 1. The Morgan fingerprint density at radius 2 is 2.05 bits per heavy atom. The van der Waals surface area contributed by atoms with Gasteiger partial charge in [-0.1, -0.05) is 26.0 Å². The summed E-state index contributed by atoms with van der Waals surface area (Å²) >= 11 is 0. The lowest BCUT2D eigenvalue weighted by molar-refractivity contribution is -0.148. The maximum absolute atomic E-state index is 12.4. The highest BCUT2D eigenvalue weighted by atomic mass is 16.4. The molecule has 6 nitrogen and oxygen atoms in total. The van der Waals surface area contributed by atoms with Gasteiger partial charge in [0, 0.05) is 6.54 Å². The third-order valence-electron chi connectivity index (χ3n) is 3.97. The van der Waals surface area contributed by atoms with Gasteiger partial charge in [0.25, 0.3) is 0 Å². The smallest absolute Gasteiger partial charge is 0.327 e. The van der Waals surface area contributed by atoms with Crippen LogP contribution in [0.25, 0.3) is 0 Å². The van der Waals surface area contributed by atoms with Gasteiger partial charge in [-0.25, -0.2) is 9.59 Å². The number of para-hydroxylation sites is 2. The Balaban J connectivity index is 2.21. The van der Waals surface area contributed by atoms with Crippen LogP contribution in [0, 0.1) is 5.41 Å². The van der Waals surface area contributed by atoms with Gasteiger partial charge in [-0.05, 0) is 30.4 Å². The average Bonchev–Trinajstić information content (AvgIpc) is 2.39. The Morgan fingerprint density at radius 3 is 2.67 bits per heavy atom. The van der Waals surface area contributed by atoms with Gasteiger partial charge in [0.1, 0.15) is 6.04 Å². The third-order valence-corrected chi connectivity index (χ3v) is 3.97. The molecule has 1 heterocycles. The molecule has 4 N–H and O–H groups in total. The number of carboxylic acids is 1. The molecular weight excluding hydrogens is 270 g/mol. The fraction of sp³-hybridized carbons (Fsp3) is 0.467. The predicted molar refractivity (Wildman–Crippen MR) is 81.0 cm³/mol. The van der Waals surface area contributed by atoms with Crippen molar-refractivity contribution >= 4 is 23.4 Å². The molecule has 1 fully saturated rings. The maximum Gasteiger partial charge on any atom is 0.327 e. The fourth-order valence-electron chi connectivity index (χ4n) is 2.88. The van der Waals surface area contributed by atoms with E-state index >= 15 is 0 Å². The zero-order chi connectivity index (χ0) is 15.6. The number of aliphatic carboxylic acids is 1. The van der Waals surface area contributed by atoms with E-state index in [2.05, 4.69) is 5.32 Å². The number of benzene rings is 1. The summed E-state index contributed by atoms with van der Waals surface area (Å²) in [5.41, 5.74) is 6.29. The molecule has 1 aromatic rings. The first-order valence-electron chi connectivity index (χ1n) is 6.98. The Labute approximate surface area is 123 Å². The van der Waals surface area contributed by atoms with Gasteiger partial charge < -0.3 is 21.1 Å². The molecule has 0 aliphatic carbocycles. The van der Waals surface area contributed by atoms with Crippen LogP contribution >= 0.6 is 0 Å². The van der Waals surface area contributed by atoms with Crippen molar-refractivity contribution in [2.45, 2.75) is 32.7 Å². The molecule has 1 atom stereocenters. The van der Waals surface area contributed by atoms with Crippen molar-refractivity contribution < 1.29 is 14.7 Å². The number of hydrogen-bond acceptors (Lipinski definition) is 3. The topological polar surface area (TPSA) is 95.7 Å². The molecule has 1 aliphatic heterocycles. The fourth-order valence-corrected chi connectivity index (χ4v) is 2.88. The summed E-state index contributed by atoms with van der Waals surface area (Å²) in [7, 11) is 0. The highest BCUT2D eigenvalue weighted by Gasteiger charge is 2.44. The second kappa shape index (κ2) is 5.63. The minimum Gasteiger partial charge on any atom is -0.480 e. The molecule has 1 unspecified atom stereocenters. The highest BCUT2D eigenvalue weighted by Crippen LogP contribution is 2.35. The number of amides is 2. The maximum atomic E-state index is 12.4. The van der Waals surface area contributed by atoms with Gasteiger partial charge in [-0.3, -0.25) is 0 Å². The molecule has 0 bridgehead atoms. The minimum atomic E-state index is -0.976. The van der Waals surface area contributed by atoms with E-state index in [1.165, 1.54) is 4.90 Å². The molecule has 0 spiro atoms. The van der Waals surface area contributed by atoms with Crippen molar-refractivity contribution in [1.82, 2.24) is 4.90 Å². The Bertz CT molecular complexity index is 557. The molecule has 1 saturated heterocycles. The van der Waals surface area contributed by atoms with Crippen LogP contribution in [0.15, 0.2) is 24.3 Å². The molecule has 1 aliphatic rings. The van der Waals surface area contributed by atoms with Crippen LogP contribution in [0.5, 0.6) is 0 Å². The van der Waals surface area contributed by atoms with Crippen molar-refractivity contribution in [3.8, 4) is 0 Å². The van der Waals surface area contributed by atoms with E-state index in [0.717, 1.165) is 12.8 Å². The first kappa shape index (κ1) is 15.2. The standard InChI is InChI=1S/C15H21N3O3/c1-15(2)8-5-9-18(12(15)13(19)20)14(21)17-11-7-4-3-6-10(11)16/h3-4,6-7,12H,5,8-9,16H2,1-2H3,(H,17,21)(H,19,20). The summed E-state index contributed by atoms with van der Waals surface area (Å²) in [6.45, 7) is 4.18. The molecule has 0 saturated carbocycles. The van der Waals surface area contributed by atoms with Crippen molar-refractivity contribution in [2.24, 2.45) is 5.41 Å². The number of nitrogens with one attached hydrogen (secondary N) is 1. The summed E-state index contributed by atoms with van der Waals surface area (Å²) in [4.78, 5) is 25.4. The van der Waals surface area contributed by atoms with Gasteiger partial charge in [-0.15, -0.1) is 0 Å². The quantitative estimate of drug-likeness (QED) is 0.729. The number of rotatable bonds is 2. The zero-order valence-corrected chi connectivity index (χ0v) is 12.3. The van der Waals surface area contributed by atoms with Crippen molar-refractivity contribution in [3.63, 3.8) is 0 Å². The first-order chi connectivity index (χ1) is 9.83. The number of urea groups is 1. The molecular formula is C15H21N3O3. The Morgan fingerprint density at radius 1 is 1.38 bits per heavy atom. The van der Waals surface area contributed by atoms with Gasteiger partial charge in [0.2, 0.25) is 0 Å². The molecule has 1 aromatic carbocycles. The molecule has 114 valence electrons. The largest absolute Gasteiger partial charge is 0.480 e. The third kappa shape index (κ3) is 3.09. The van der Waals surface area contributed by atoms with E-state index in [1.807, 2.05) is 13.8 Å². The number of anilines is 2. The number of nitrogen functional groups attached to an aromatic ring is 1. The Kier molecular flexibility index (Phi) is 4.06. The molecule has 2 rings (SSSR count). The van der Waals surface area contributed by atoms with Crippen LogP contribution in [0.1, 0.15) is 26.7 Å². The second-order valence-electron chi connectivity index (χ2n) is 6.04. The lowest BCUT2D eigenvalue weighted by Crippen LogP contribution is -2.57. The summed E-state index contributed by atoms with van der Waals surface area (Å²) in [6.07, 6.45) is 1.57. The molecule has 21 heavy (non-hydrogen) atoms. The number of nitrogens with zero attached hydrogens (tertiary/aromatic N) is 1. The summed E-state index contributed by atoms with van der Waals surface area (Å²) in [5, 5.41) is 12.2. The number of piperidine rings is 1. The normalized spacial score (nSPS) is 20.9. The summed E-state index contributed by atoms with van der Waals surface area (Å²) < 4.78 is 0. The minimum absolute atomic E-state index is 0.423. The van der Waals surface area contributed by atoms with Crippen molar-refractivity contribution in [3.05, 3.63) is 24.3 Å². The number of carbonyl (C=O) groups excluding carboxylic acids is 1. The van der Waals surface area contributed by atoms with E-state index in [1.54, 1.807) is 24.3 Å². The Hall–Kier alpha value is -2.24. The summed E-state index contributed by atoms with van der Waals surface area (Å²) in [5.74, 6) is -0.976. The molecule has 0 aromatic heterocycles. The number of carbonyl (C=O) groups is 2. The SMILES string of the molecule is CC1(C)CCCN(C(=O)Nc2ccccc2N)C1C(=O)O. The van der Waals surface area contributed by atoms with Crippen LogP contribution in [-0.4, -0.2) is 34.6 Å². The van der Waals surface area contributed by atoms with Crippen LogP contribution in [0.4, 0.5) is 16.2 Å². The molecule has 2 amide bonds. The summed E-state index contributed by atoms with van der Waals surface area (Å²) in [6, 6.07) is 5.66. The monoisotopic (exact) mass is 291 g/mol. The van der Waals surface area contributed by atoms with Crippen LogP contribution in [0.2, 0.25) is 0 Å². The van der Waals surface area contributed by atoms with Gasteiger partial charge >= 0.3 is 12.0 Å². The van der Waals surface area contributed by atoms with Gasteiger partial charge in [-0.2, -0.15) is 0 Å². The van der Waals surface area contributed by atoms with E-state index < -0.39 is 23.5 Å². The second-order valence-corrected chi connectivity index (χ2v) is 6.04. The van der Waals surface area contributed by atoms with Crippen LogP contribution < -0.4 is 11.1 Å². The predicted octanol–water partition coefficient (Wildman–Crippen LogP) is 2.38. The zero-order valence-electron chi connectivity index (χ0n) is 12.3. The van der Waals surface area contributed by atoms with Crippen molar-refractivity contribution in [2.75, 3.05) is 17.6 Å².